The van der Waals surface area contributed by atoms with Gasteiger partial charge in [-0.2, -0.15) is 5.26 Å². The Morgan fingerprint density at radius 2 is 2.50 bits per heavy atom. The summed E-state index contributed by atoms with van der Waals surface area (Å²) < 4.78 is 0. The molecule has 3 atom stereocenters. The molecule has 2 nitrogen and oxygen atoms in total. The molecule has 0 radical (unpaired) electrons. The summed E-state index contributed by atoms with van der Waals surface area (Å²) in [6.07, 6.45) is 6.94. The van der Waals surface area contributed by atoms with E-state index in [4.69, 9.17) is 5.26 Å². The van der Waals surface area contributed by atoms with E-state index in [0.29, 0.717) is 0 Å². The highest BCUT2D eigenvalue weighted by atomic mass is 16.1. The molecule has 0 saturated heterocycles. The third-order valence-corrected chi connectivity index (χ3v) is 2.48. The zero-order chi connectivity index (χ0) is 8.97. The van der Waals surface area contributed by atoms with Crippen molar-refractivity contribution in [2.75, 3.05) is 0 Å². The lowest BCUT2D eigenvalue weighted by Crippen LogP contribution is -2.22. The van der Waals surface area contributed by atoms with Crippen LogP contribution in [-0.2, 0) is 4.79 Å². The van der Waals surface area contributed by atoms with Gasteiger partial charge in [-0.25, -0.2) is 0 Å². The largest absolute Gasteiger partial charge is 0.303 e. The van der Waals surface area contributed by atoms with Crippen LogP contribution < -0.4 is 0 Å². The Morgan fingerprint density at radius 3 is 3.08 bits per heavy atom. The van der Waals surface area contributed by atoms with Crippen molar-refractivity contribution in [3.05, 3.63) is 12.2 Å². The molecule has 0 N–H and O–H groups in total. The standard InChI is InChI=1S/C10H13NO/c1-8(6-11)10-5-3-2-4-9(10)7-12/h3,5,7-10H,2,4H2,1H3. The summed E-state index contributed by atoms with van der Waals surface area (Å²) in [6.45, 7) is 1.87. The van der Waals surface area contributed by atoms with Crippen molar-refractivity contribution in [3.8, 4) is 6.07 Å². The minimum absolute atomic E-state index is 0.0447. The minimum Gasteiger partial charge on any atom is -0.303 e. The monoisotopic (exact) mass is 163 g/mol. The molecule has 0 saturated carbocycles. The summed E-state index contributed by atoms with van der Waals surface area (Å²) in [6, 6.07) is 2.19. The Morgan fingerprint density at radius 1 is 1.75 bits per heavy atom. The van der Waals surface area contributed by atoms with Crippen molar-refractivity contribution in [2.45, 2.75) is 19.8 Å². The van der Waals surface area contributed by atoms with E-state index >= 15 is 0 Å². The number of nitriles is 1. The van der Waals surface area contributed by atoms with Crippen LogP contribution in [0, 0.1) is 29.1 Å². The third kappa shape index (κ3) is 1.73. The lowest BCUT2D eigenvalue weighted by atomic mass is 9.78. The Labute approximate surface area is 72.9 Å². The molecule has 0 aromatic heterocycles. The van der Waals surface area contributed by atoms with Gasteiger partial charge in [0.15, 0.2) is 0 Å². The first-order valence-electron chi connectivity index (χ1n) is 4.31. The van der Waals surface area contributed by atoms with E-state index in [9.17, 15) is 4.79 Å². The summed E-state index contributed by atoms with van der Waals surface area (Å²) in [5, 5.41) is 8.70. The van der Waals surface area contributed by atoms with Crippen LogP contribution in [0.25, 0.3) is 0 Å². The summed E-state index contributed by atoms with van der Waals surface area (Å²) in [5.74, 6) is 0.155. The summed E-state index contributed by atoms with van der Waals surface area (Å²) in [5.41, 5.74) is 0. The van der Waals surface area contributed by atoms with Crippen molar-refractivity contribution in [1.82, 2.24) is 0 Å². The van der Waals surface area contributed by atoms with Crippen LogP contribution in [0.1, 0.15) is 19.8 Å². The number of carbonyl (C=O) groups excluding carboxylic acids is 1. The molecule has 0 heterocycles. The van der Waals surface area contributed by atoms with Gasteiger partial charge < -0.3 is 4.79 Å². The average molecular weight is 163 g/mol. The second-order valence-electron chi connectivity index (χ2n) is 3.30. The maximum Gasteiger partial charge on any atom is 0.123 e. The van der Waals surface area contributed by atoms with Crippen LogP contribution in [0.15, 0.2) is 12.2 Å². The first-order chi connectivity index (χ1) is 5.79. The topological polar surface area (TPSA) is 40.9 Å². The van der Waals surface area contributed by atoms with Crippen LogP contribution >= 0.6 is 0 Å². The Balaban J connectivity index is 2.71. The number of nitrogens with zero attached hydrogens (tertiary/aromatic N) is 1. The fourth-order valence-corrected chi connectivity index (χ4v) is 1.66. The molecule has 0 aliphatic heterocycles. The van der Waals surface area contributed by atoms with E-state index in [1.54, 1.807) is 0 Å². The van der Waals surface area contributed by atoms with Gasteiger partial charge in [0.05, 0.1) is 12.0 Å². The van der Waals surface area contributed by atoms with E-state index in [-0.39, 0.29) is 17.8 Å². The molecule has 0 aromatic carbocycles. The van der Waals surface area contributed by atoms with Gasteiger partial charge in [-0.1, -0.05) is 12.2 Å². The Hall–Kier alpha value is -1.10. The molecule has 1 rings (SSSR count). The van der Waals surface area contributed by atoms with E-state index in [1.807, 2.05) is 13.0 Å². The van der Waals surface area contributed by atoms with Crippen LogP contribution in [0.4, 0.5) is 0 Å². The van der Waals surface area contributed by atoms with Crippen molar-refractivity contribution >= 4 is 6.29 Å². The number of hydrogen-bond acceptors (Lipinski definition) is 2. The number of aldehydes is 1. The van der Waals surface area contributed by atoms with Crippen LogP contribution in [0.2, 0.25) is 0 Å². The highest BCUT2D eigenvalue weighted by molar-refractivity contribution is 5.55. The van der Waals surface area contributed by atoms with Crippen LogP contribution in [-0.4, -0.2) is 6.29 Å². The summed E-state index contributed by atoms with van der Waals surface area (Å²) >= 11 is 0. The molecule has 0 fully saturated rings. The zero-order valence-corrected chi connectivity index (χ0v) is 7.23. The fraction of sp³-hybridized carbons (Fsp3) is 0.600. The lowest BCUT2D eigenvalue weighted by Gasteiger charge is -2.24. The maximum atomic E-state index is 10.6. The average Bonchev–Trinajstić information content (AvgIpc) is 2.16. The summed E-state index contributed by atoms with van der Waals surface area (Å²) in [4.78, 5) is 10.6. The van der Waals surface area contributed by atoms with E-state index in [2.05, 4.69) is 12.1 Å². The first kappa shape index (κ1) is 8.99. The smallest absolute Gasteiger partial charge is 0.123 e. The third-order valence-electron chi connectivity index (χ3n) is 2.48. The van der Waals surface area contributed by atoms with Gasteiger partial charge in [0.2, 0.25) is 0 Å². The van der Waals surface area contributed by atoms with Gasteiger partial charge in [-0.3, -0.25) is 0 Å². The molecule has 1 aliphatic rings. The van der Waals surface area contributed by atoms with Gasteiger partial charge in [0.1, 0.15) is 6.29 Å². The van der Waals surface area contributed by atoms with E-state index in [1.165, 1.54) is 0 Å². The number of rotatable bonds is 2. The Kier molecular flexibility index (Phi) is 3.04. The van der Waals surface area contributed by atoms with Crippen molar-refractivity contribution in [2.24, 2.45) is 17.8 Å². The zero-order valence-electron chi connectivity index (χ0n) is 7.23. The van der Waals surface area contributed by atoms with E-state index < -0.39 is 0 Å². The van der Waals surface area contributed by atoms with Crippen molar-refractivity contribution in [1.29, 1.82) is 5.26 Å². The lowest BCUT2D eigenvalue weighted by molar-refractivity contribution is -0.112. The predicted molar refractivity (Wildman–Crippen MR) is 46.2 cm³/mol. The number of carbonyl (C=O) groups is 1. The number of hydrogen-bond donors (Lipinski definition) is 0. The predicted octanol–water partition coefficient (Wildman–Crippen LogP) is 1.93. The molecule has 0 amide bonds. The maximum absolute atomic E-state index is 10.6. The second-order valence-corrected chi connectivity index (χ2v) is 3.30. The molecule has 0 aromatic rings. The van der Waals surface area contributed by atoms with Gasteiger partial charge in [0, 0.05) is 11.8 Å². The Bertz CT molecular complexity index is 226. The minimum atomic E-state index is -0.0447. The molecule has 3 unspecified atom stereocenters. The molecule has 1 aliphatic carbocycles. The van der Waals surface area contributed by atoms with Gasteiger partial charge in [-0.15, -0.1) is 0 Å². The molecule has 0 bridgehead atoms. The molecular weight excluding hydrogens is 150 g/mol. The molecule has 0 spiro atoms. The second kappa shape index (κ2) is 4.06. The highest BCUT2D eigenvalue weighted by Gasteiger charge is 2.25. The fourth-order valence-electron chi connectivity index (χ4n) is 1.66. The van der Waals surface area contributed by atoms with Gasteiger partial charge in [-0.05, 0) is 19.8 Å². The molecule has 2 heteroatoms. The van der Waals surface area contributed by atoms with Crippen LogP contribution in [0.5, 0.6) is 0 Å². The highest BCUT2D eigenvalue weighted by Crippen LogP contribution is 2.28. The molecular formula is C10H13NO. The summed E-state index contributed by atoms with van der Waals surface area (Å²) in [7, 11) is 0. The van der Waals surface area contributed by atoms with Gasteiger partial charge >= 0.3 is 0 Å². The first-order valence-corrected chi connectivity index (χ1v) is 4.31. The number of allylic oxidation sites excluding steroid dienone is 2. The van der Waals surface area contributed by atoms with Gasteiger partial charge in [0.25, 0.3) is 0 Å². The quantitative estimate of drug-likeness (QED) is 0.461. The van der Waals surface area contributed by atoms with Crippen molar-refractivity contribution in [3.63, 3.8) is 0 Å². The van der Waals surface area contributed by atoms with Crippen LogP contribution in [0.3, 0.4) is 0 Å². The van der Waals surface area contributed by atoms with E-state index in [0.717, 1.165) is 19.1 Å². The SMILES string of the molecule is CC(C#N)C1C=CCCC1C=O. The molecule has 64 valence electrons. The normalized spacial score (nSPS) is 30.7. The van der Waals surface area contributed by atoms with Crippen molar-refractivity contribution < 1.29 is 4.79 Å². The molecule has 12 heavy (non-hydrogen) atoms.